The zero-order valence-corrected chi connectivity index (χ0v) is 14.5. The average Bonchev–Trinajstić information content (AvgIpc) is 2.48. The van der Waals surface area contributed by atoms with Gasteiger partial charge in [-0.3, -0.25) is 4.99 Å². The lowest BCUT2D eigenvalue weighted by atomic mass is 10.4. The van der Waals surface area contributed by atoms with Crippen LogP contribution in [0, 0.1) is 0 Å². The maximum absolute atomic E-state index is 12.2. The Bertz CT molecular complexity index is 457. The summed E-state index contributed by atoms with van der Waals surface area (Å²) >= 11 is 1.78. The minimum Gasteiger partial charge on any atom is -0.378 e. The number of aliphatic imine (C=N–C) groups is 1. The van der Waals surface area contributed by atoms with E-state index in [9.17, 15) is 8.42 Å². The van der Waals surface area contributed by atoms with Gasteiger partial charge in [0.25, 0.3) is 0 Å². The van der Waals surface area contributed by atoms with Gasteiger partial charge in [-0.25, -0.2) is 8.42 Å². The minimum atomic E-state index is -3.20. The van der Waals surface area contributed by atoms with Gasteiger partial charge >= 0.3 is 0 Å². The number of hydrogen-bond donors (Lipinski definition) is 0. The third-order valence-electron chi connectivity index (χ3n) is 3.48. The van der Waals surface area contributed by atoms with Crippen LogP contribution in [0.5, 0.6) is 0 Å². The molecule has 0 saturated carbocycles. The molecule has 1 fully saturated rings. The molecular weight excluding hydrogens is 310 g/mol. The average molecular weight is 335 g/mol. The number of thioether (sulfide) groups is 1. The highest BCUT2D eigenvalue weighted by Crippen LogP contribution is 2.18. The van der Waals surface area contributed by atoms with E-state index in [4.69, 9.17) is 4.74 Å². The summed E-state index contributed by atoms with van der Waals surface area (Å²) < 4.78 is 31.4. The molecule has 0 spiro atoms. The normalized spacial score (nSPS) is 21.7. The predicted molar refractivity (Wildman–Crippen MR) is 87.4 cm³/mol. The van der Waals surface area contributed by atoms with E-state index in [2.05, 4.69) is 9.89 Å². The molecule has 0 atom stereocenters. The van der Waals surface area contributed by atoms with Crippen molar-refractivity contribution in [3.8, 4) is 0 Å². The van der Waals surface area contributed by atoms with Crippen LogP contribution in [0.15, 0.2) is 4.99 Å². The molecule has 0 amide bonds. The van der Waals surface area contributed by atoms with Crippen molar-refractivity contribution in [1.29, 1.82) is 0 Å². The van der Waals surface area contributed by atoms with Crippen LogP contribution >= 0.6 is 11.8 Å². The Hall–Kier alpha value is -0.310. The molecule has 0 bridgehead atoms. The molecule has 21 heavy (non-hydrogen) atoms. The molecule has 0 unspecified atom stereocenters. The van der Waals surface area contributed by atoms with Crippen LogP contribution < -0.4 is 0 Å². The number of hydrogen-bond acceptors (Lipinski definition) is 6. The minimum absolute atomic E-state index is 0.0679. The molecule has 2 aliphatic heterocycles. The fourth-order valence-corrected chi connectivity index (χ4v) is 4.60. The van der Waals surface area contributed by atoms with Crippen molar-refractivity contribution < 1.29 is 13.2 Å². The van der Waals surface area contributed by atoms with Crippen LogP contribution in [0.25, 0.3) is 0 Å². The van der Waals surface area contributed by atoms with Gasteiger partial charge in [0.2, 0.25) is 10.0 Å². The molecule has 2 rings (SSSR count). The Balaban J connectivity index is 1.81. The van der Waals surface area contributed by atoms with Crippen molar-refractivity contribution >= 4 is 27.0 Å². The van der Waals surface area contributed by atoms with Gasteiger partial charge in [0.1, 0.15) is 0 Å². The first-order valence-electron chi connectivity index (χ1n) is 7.50. The summed E-state index contributed by atoms with van der Waals surface area (Å²) in [6.07, 6.45) is 1.21. The standard InChI is InChI=1S/C13H25N3O3S2/c1-12(2)19-9-11-21(17,18)16-7-5-15(6-8-16)13-14-4-3-10-20-13/h12H,3-11H2,1-2H3. The first-order valence-corrected chi connectivity index (χ1v) is 10.1. The van der Waals surface area contributed by atoms with Crippen LogP contribution in [-0.4, -0.2) is 79.7 Å². The molecule has 8 heteroatoms. The summed E-state index contributed by atoms with van der Waals surface area (Å²) in [6.45, 7) is 7.54. The number of piperazine rings is 1. The van der Waals surface area contributed by atoms with Crippen molar-refractivity contribution in [2.45, 2.75) is 26.4 Å². The molecule has 2 heterocycles. The molecule has 0 radical (unpaired) electrons. The van der Waals surface area contributed by atoms with Crippen molar-refractivity contribution in [2.24, 2.45) is 4.99 Å². The molecule has 0 aromatic heterocycles. The summed E-state index contributed by atoms with van der Waals surface area (Å²) in [7, 11) is -3.20. The largest absolute Gasteiger partial charge is 0.378 e. The van der Waals surface area contributed by atoms with E-state index in [0.29, 0.717) is 13.1 Å². The smallest absolute Gasteiger partial charge is 0.216 e. The Morgan fingerprint density at radius 1 is 1.29 bits per heavy atom. The van der Waals surface area contributed by atoms with Gasteiger partial charge in [0.15, 0.2) is 5.17 Å². The van der Waals surface area contributed by atoms with E-state index < -0.39 is 10.0 Å². The monoisotopic (exact) mass is 335 g/mol. The fourth-order valence-electron chi connectivity index (χ4n) is 2.32. The van der Waals surface area contributed by atoms with E-state index in [1.165, 1.54) is 0 Å². The quantitative estimate of drug-likeness (QED) is 0.745. The first-order chi connectivity index (χ1) is 9.99. The van der Waals surface area contributed by atoms with Crippen molar-refractivity contribution in [2.75, 3.05) is 50.8 Å². The summed E-state index contributed by atoms with van der Waals surface area (Å²) in [5.41, 5.74) is 0. The Morgan fingerprint density at radius 3 is 2.57 bits per heavy atom. The van der Waals surface area contributed by atoms with Crippen LogP contribution in [0.1, 0.15) is 20.3 Å². The maximum atomic E-state index is 12.2. The number of amidine groups is 1. The van der Waals surface area contributed by atoms with Gasteiger partial charge in [-0.05, 0) is 20.3 Å². The molecule has 6 nitrogen and oxygen atoms in total. The zero-order valence-electron chi connectivity index (χ0n) is 12.8. The van der Waals surface area contributed by atoms with Crippen LogP contribution in [-0.2, 0) is 14.8 Å². The SMILES string of the molecule is CC(C)OCCS(=O)(=O)N1CCN(C2=NCCCS2)CC1. The summed E-state index contributed by atoms with van der Waals surface area (Å²) in [5.74, 6) is 1.19. The molecule has 0 aliphatic carbocycles. The number of nitrogens with zero attached hydrogens (tertiary/aromatic N) is 3. The van der Waals surface area contributed by atoms with E-state index in [1.807, 2.05) is 13.8 Å². The zero-order chi connectivity index (χ0) is 15.3. The van der Waals surface area contributed by atoms with Gasteiger partial charge in [-0.2, -0.15) is 4.31 Å². The molecule has 0 N–H and O–H groups in total. The summed E-state index contributed by atoms with van der Waals surface area (Å²) in [4.78, 5) is 6.74. The van der Waals surface area contributed by atoms with E-state index >= 15 is 0 Å². The second-order valence-electron chi connectivity index (χ2n) is 5.49. The Kier molecular flexibility index (Phi) is 6.34. The Labute approximate surface area is 132 Å². The van der Waals surface area contributed by atoms with Gasteiger partial charge in [0, 0.05) is 38.5 Å². The topological polar surface area (TPSA) is 62.2 Å². The van der Waals surface area contributed by atoms with E-state index in [-0.39, 0.29) is 18.5 Å². The number of rotatable bonds is 5. The second kappa shape index (κ2) is 7.80. The highest BCUT2D eigenvalue weighted by atomic mass is 32.2. The Morgan fingerprint density at radius 2 is 2.00 bits per heavy atom. The fraction of sp³-hybridized carbons (Fsp3) is 0.923. The lowest BCUT2D eigenvalue weighted by molar-refractivity contribution is 0.0905. The molecule has 0 aromatic carbocycles. The summed E-state index contributed by atoms with van der Waals surface area (Å²) in [6, 6.07) is 0. The first kappa shape index (κ1) is 17.1. The number of ether oxygens (including phenoxy) is 1. The van der Waals surface area contributed by atoms with Crippen LogP contribution in [0.3, 0.4) is 0 Å². The van der Waals surface area contributed by atoms with Gasteiger partial charge in [-0.1, -0.05) is 11.8 Å². The second-order valence-corrected chi connectivity index (χ2v) is 8.64. The number of sulfonamides is 1. The van der Waals surface area contributed by atoms with Gasteiger partial charge in [0.05, 0.1) is 18.5 Å². The van der Waals surface area contributed by atoms with Crippen LogP contribution in [0.4, 0.5) is 0 Å². The van der Waals surface area contributed by atoms with Crippen molar-refractivity contribution in [3.05, 3.63) is 0 Å². The highest BCUT2D eigenvalue weighted by molar-refractivity contribution is 8.13. The van der Waals surface area contributed by atoms with Crippen molar-refractivity contribution in [3.63, 3.8) is 0 Å². The molecular formula is C13H25N3O3S2. The third kappa shape index (κ3) is 5.12. The molecule has 122 valence electrons. The lowest BCUT2D eigenvalue weighted by Crippen LogP contribution is -2.51. The van der Waals surface area contributed by atoms with Crippen LogP contribution in [0.2, 0.25) is 0 Å². The lowest BCUT2D eigenvalue weighted by Gasteiger charge is -2.36. The highest BCUT2D eigenvalue weighted by Gasteiger charge is 2.28. The predicted octanol–water partition coefficient (Wildman–Crippen LogP) is 0.852. The van der Waals surface area contributed by atoms with E-state index in [0.717, 1.165) is 37.0 Å². The third-order valence-corrected chi connectivity index (χ3v) is 6.45. The van der Waals surface area contributed by atoms with Gasteiger partial charge in [-0.15, -0.1) is 0 Å². The molecule has 1 saturated heterocycles. The molecule has 0 aromatic rings. The maximum Gasteiger partial charge on any atom is 0.216 e. The van der Waals surface area contributed by atoms with Crippen molar-refractivity contribution in [1.82, 2.24) is 9.21 Å². The summed E-state index contributed by atoms with van der Waals surface area (Å²) in [5, 5.41) is 1.08. The molecule has 2 aliphatic rings. The van der Waals surface area contributed by atoms with E-state index in [1.54, 1.807) is 16.1 Å². The van der Waals surface area contributed by atoms with Gasteiger partial charge < -0.3 is 9.64 Å².